The minimum absolute atomic E-state index is 0.579. The summed E-state index contributed by atoms with van der Waals surface area (Å²) in [5.74, 6) is 0.654. The maximum absolute atomic E-state index is 5.45. The van der Waals surface area contributed by atoms with E-state index < -0.39 is 0 Å². The molecule has 17 heavy (non-hydrogen) atoms. The lowest BCUT2D eigenvalue weighted by molar-refractivity contribution is 0.378. The predicted octanol–water partition coefficient (Wildman–Crippen LogP) is 2.78. The van der Waals surface area contributed by atoms with Crippen LogP contribution in [0.15, 0.2) is 9.64 Å². The molecular weight excluding hydrogens is 234 g/mol. The molecule has 0 aliphatic heterocycles. The molecule has 0 amide bonds. The fourth-order valence-electron chi connectivity index (χ4n) is 2.26. The summed E-state index contributed by atoms with van der Waals surface area (Å²) in [6.07, 6.45) is 6.35. The van der Waals surface area contributed by atoms with Gasteiger partial charge in [-0.15, -0.1) is 10.2 Å². The Morgan fingerprint density at radius 3 is 2.88 bits per heavy atom. The van der Waals surface area contributed by atoms with E-state index in [2.05, 4.69) is 22.4 Å². The molecule has 0 saturated heterocycles. The Bertz CT molecular complexity index is 342. The zero-order valence-electron chi connectivity index (χ0n) is 10.6. The fraction of sp³-hybridized carbons (Fsp3) is 0.833. The van der Waals surface area contributed by atoms with Crippen molar-refractivity contribution in [1.82, 2.24) is 15.5 Å². The average Bonchev–Trinajstić information content (AvgIpc) is 2.74. The lowest BCUT2D eigenvalue weighted by Crippen LogP contribution is -2.40. The second kappa shape index (κ2) is 6.40. The van der Waals surface area contributed by atoms with Crippen molar-refractivity contribution in [2.24, 2.45) is 0 Å². The van der Waals surface area contributed by atoms with Crippen LogP contribution in [0.2, 0.25) is 0 Å². The Hall–Kier alpha value is -0.550. The maximum atomic E-state index is 5.45. The molecule has 4 nitrogen and oxygen atoms in total. The third kappa shape index (κ3) is 3.71. The van der Waals surface area contributed by atoms with E-state index in [1.54, 1.807) is 11.8 Å². The molecule has 1 aromatic rings. The first-order valence-corrected chi connectivity index (χ1v) is 7.37. The molecule has 1 N–H and O–H groups in total. The van der Waals surface area contributed by atoms with Crippen molar-refractivity contribution in [1.29, 1.82) is 0 Å². The van der Waals surface area contributed by atoms with Crippen molar-refractivity contribution in [2.75, 3.05) is 6.54 Å². The van der Waals surface area contributed by atoms with E-state index in [9.17, 15) is 0 Å². The van der Waals surface area contributed by atoms with Gasteiger partial charge in [-0.1, -0.05) is 31.5 Å². The van der Waals surface area contributed by atoms with Gasteiger partial charge in [0.05, 0.1) is 0 Å². The summed E-state index contributed by atoms with van der Waals surface area (Å²) in [6.45, 7) is 5.15. The van der Waals surface area contributed by atoms with Crippen molar-refractivity contribution < 1.29 is 4.42 Å². The maximum Gasteiger partial charge on any atom is 0.276 e. The Labute approximate surface area is 107 Å². The monoisotopic (exact) mass is 255 g/mol. The van der Waals surface area contributed by atoms with E-state index >= 15 is 0 Å². The normalized spacial score (nSPS) is 25.1. The average molecular weight is 255 g/mol. The predicted molar refractivity (Wildman–Crippen MR) is 69.2 cm³/mol. The molecule has 0 spiro atoms. The summed E-state index contributed by atoms with van der Waals surface area (Å²) in [6, 6.07) is 0.598. The quantitative estimate of drug-likeness (QED) is 0.876. The standard InChI is InChI=1S/C12H21N3OS/c1-3-8-13-10-6-4-5-7-11(10)17-12-15-14-9(2)16-12/h10-11,13H,3-8H2,1-2H3. The summed E-state index contributed by atoms with van der Waals surface area (Å²) < 4.78 is 5.45. The zero-order chi connectivity index (χ0) is 12.1. The topological polar surface area (TPSA) is 51.0 Å². The van der Waals surface area contributed by atoms with Crippen LogP contribution in [0, 0.1) is 6.92 Å². The van der Waals surface area contributed by atoms with Gasteiger partial charge in [-0.2, -0.15) is 0 Å². The van der Waals surface area contributed by atoms with Crippen LogP contribution in [-0.2, 0) is 0 Å². The first-order chi connectivity index (χ1) is 8.29. The van der Waals surface area contributed by atoms with Crippen molar-refractivity contribution >= 4 is 11.8 Å². The Morgan fingerprint density at radius 1 is 1.35 bits per heavy atom. The molecule has 1 heterocycles. The van der Waals surface area contributed by atoms with Crippen molar-refractivity contribution in [3.05, 3.63) is 5.89 Å². The van der Waals surface area contributed by atoms with Gasteiger partial charge in [0.1, 0.15) is 0 Å². The number of hydrogen-bond donors (Lipinski definition) is 1. The molecule has 0 aromatic carbocycles. The highest BCUT2D eigenvalue weighted by molar-refractivity contribution is 7.99. The molecule has 5 heteroatoms. The first-order valence-electron chi connectivity index (χ1n) is 6.49. The van der Waals surface area contributed by atoms with Gasteiger partial charge < -0.3 is 9.73 Å². The van der Waals surface area contributed by atoms with Crippen molar-refractivity contribution in [2.45, 2.75) is 62.5 Å². The van der Waals surface area contributed by atoms with E-state index in [-0.39, 0.29) is 0 Å². The Kier molecular flexibility index (Phi) is 4.86. The minimum atomic E-state index is 0.579. The highest BCUT2D eigenvalue weighted by Gasteiger charge is 2.27. The molecule has 1 fully saturated rings. The molecule has 1 aromatic heterocycles. The van der Waals surface area contributed by atoms with Gasteiger partial charge in [0.25, 0.3) is 5.22 Å². The highest BCUT2D eigenvalue weighted by atomic mass is 32.2. The van der Waals surface area contributed by atoms with E-state index in [1.807, 2.05) is 6.92 Å². The number of rotatable bonds is 5. The molecule has 0 bridgehead atoms. The Balaban J connectivity index is 1.91. The summed E-state index contributed by atoms with van der Waals surface area (Å²) in [4.78, 5) is 0. The molecule has 0 radical (unpaired) electrons. The van der Waals surface area contributed by atoms with Gasteiger partial charge in [-0.25, -0.2) is 0 Å². The van der Waals surface area contributed by atoms with Crippen LogP contribution in [0.4, 0.5) is 0 Å². The molecular formula is C12H21N3OS. The third-order valence-corrected chi connectivity index (χ3v) is 4.35. The lowest BCUT2D eigenvalue weighted by Gasteiger charge is -2.30. The number of nitrogens with zero attached hydrogens (tertiary/aromatic N) is 2. The van der Waals surface area contributed by atoms with E-state index in [0.717, 1.165) is 11.8 Å². The van der Waals surface area contributed by atoms with Crippen molar-refractivity contribution in [3.8, 4) is 0 Å². The lowest BCUT2D eigenvalue weighted by atomic mass is 9.95. The number of nitrogens with one attached hydrogen (secondary N) is 1. The number of aryl methyl sites for hydroxylation is 1. The molecule has 2 rings (SSSR count). The largest absolute Gasteiger partial charge is 0.416 e. The molecule has 1 saturated carbocycles. The SMILES string of the molecule is CCCNC1CCCCC1Sc1nnc(C)o1. The molecule has 1 aliphatic carbocycles. The molecule has 2 atom stereocenters. The van der Waals surface area contributed by atoms with Gasteiger partial charge in [-0.3, -0.25) is 0 Å². The van der Waals surface area contributed by atoms with Crippen LogP contribution in [0.1, 0.15) is 44.9 Å². The zero-order valence-corrected chi connectivity index (χ0v) is 11.4. The van der Waals surface area contributed by atoms with Crippen LogP contribution in [0.3, 0.4) is 0 Å². The number of aromatic nitrogens is 2. The second-order valence-electron chi connectivity index (χ2n) is 4.59. The molecule has 1 aliphatic rings. The summed E-state index contributed by atoms with van der Waals surface area (Å²) in [7, 11) is 0. The van der Waals surface area contributed by atoms with Crippen LogP contribution in [0.5, 0.6) is 0 Å². The van der Waals surface area contributed by atoms with Gasteiger partial charge in [0.2, 0.25) is 5.89 Å². The third-order valence-electron chi connectivity index (χ3n) is 3.12. The highest BCUT2D eigenvalue weighted by Crippen LogP contribution is 2.33. The Morgan fingerprint density at radius 2 is 2.18 bits per heavy atom. The second-order valence-corrected chi connectivity index (χ2v) is 5.78. The van der Waals surface area contributed by atoms with Crippen LogP contribution in [0.25, 0.3) is 0 Å². The summed E-state index contributed by atoms with van der Waals surface area (Å²) in [5.41, 5.74) is 0. The first kappa shape index (κ1) is 12.9. The van der Waals surface area contributed by atoms with E-state index in [0.29, 0.717) is 17.2 Å². The smallest absolute Gasteiger partial charge is 0.276 e. The van der Waals surface area contributed by atoms with Crippen LogP contribution >= 0.6 is 11.8 Å². The number of hydrogen-bond acceptors (Lipinski definition) is 5. The van der Waals surface area contributed by atoms with Gasteiger partial charge in [0.15, 0.2) is 0 Å². The fourth-order valence-corrected chi connectivity index (χ4v) is 3.45. The van der Waals surface area contributed by atoms with Gasteiger partial charge >= 0.3 is 0 Å². The minimum Gasteiger partial charge on any atom is -0.416 e. The van der Waals surface area contributed by atoms with Crippen molar-refractivity contribution in [3.63, 3.8) is 0 Å². The summed E-state index contributed by atoms with van der Waals surface area (Å²) in [5, 5.41) is 12.9. The van der Waals surface area contributed by atoms with Crippen LogP contribution in [-0.4, -0.2) is 28.0 Å². The van der Waals surface area contributed by atoms with E-state index in [1.165, 1.54) is 32.1 Å². The molecule has 2 unspecified atom stereocenters. The van der Waals surface area contributed by atoms with Gasteiger partial charge in [0, 0.05) is 18.2 Å². The van der Waals surface area contributed by atoms with E-state index in [4.69, 9.17) is 4.42 Å². The summed E-state index contributed by atoms with van der Waals surface area (Å²) >= 11 is 1.74. The molecule has 96 valence electrons. The number of thioether (sulfide) groups is 1. The van der Waals surface area contributed by atoms with Crippen LogP contribution < -0.4 is 5.32 Å². The van der Waals surface area contributed by atoms with Gasteiger partial charge in [-0.05, 0) is 25.8 Å².